The molecule has 4 nitrogen and oxygen atoms in total. The van der Waals surface area contributed by atoms with Gasteiger partial charge in [-0.15, -0.1) is 0 Å². The van der Waals surface area contributed by atoms with Crippen LogP contribution in [0.1, 0.15) is 45.1 Å². The zero-order valence-electron chi connectivity index (χ0n) is 13.1. The molecule has 0 radical (unpaired) electrons. The van der Waals surface area contributed by atoms with Crippen molar-refractivity contribution in [3.8, 4) is 0 Å². The van der Waals surface area contributed by atoms with Crippen molar-refractivity contribution in [1.82, 2.24) is 9.88 Å². The van der Waals surface area contributed by atoms with Gasteiger partial charge in [0, 0.05) is 25.5 Å². The smallest absolute Gasteiger partial charge is 0.410 e. The molecule has 1 amide bonds. The van der Waals surface area contributed by atoms with Crippen LogP contribution in [0.2, 0.25) is 0 Å². The Hall–Kier alpha value is -1.58. The van der Waals surface area contributed by atoms with E-state index in [-0.39, 0.29) is 6.09 Å². The van der Waals surface area contributed by atoms with Crippen LogP contribution in [0.4, 0.5) is 4.79 Å². The van der Waals surface area contributed by atoms with E-state index in [2.05, 4.69) is 17.1 Å². The van der Waals surface area contributed by atoms with Crippen LogP contribution in [-0.4, -0.2) is 34.7 Å². The number of likely N-dealkylation sites (tertiary alicyclic amines) is 1. The first kappa shape index (κ1) is 14.4. The molecule has 3 rings (SSSR count). The lowest BCUT2D eigenvalue weighted by Crippen LogP contribution is -2.36. The van der Waals surface area contributed by atoms with E-state index < -0.39 is 5.60 Å². The molecule has 2 atom stereocenters. The van der Waals surface area contributed by atoms with E-state index in [1.165, 1.54) is 18.4 Å². The Bertz CT molecular complexity index is 495. The molecule has 2 unspecified atom stereocenters. The van der Waals surface area contributed by atoms with Crippen molar-refractivity contribution in [2.45, 2.75) is 45.1 Å². The van der Waals surface area contributed by atoms with E-state index >= 15 is 0 Å². The normalized spacial score (nSPS) is 28.5. The third kappa shape index (κ3) is 3.20. The summed E-state index contributed by atoms with van der Waals surface area (Å²) in [5, 5.41) is 0. The highest BCUT2D eigenvalue weighted by Crippen LogP contribution is 2.46. The third-order valence-electron chi connectivity index (χ3n) is 4.58. The molecule has 1 aromatic heterocycles. The summed E-state index contributed by atoms with van der Waals surface area (Å²) in [6.07, 6.45) is 5.94. The molecule has 1 saturated heterocycles. The van der Waals surface area contributed by atoms with Gasteiger partial charge in [-0.05, 0) is 69.1 Å². The van der Waals surface area contributed by atoms with Crippen LogP contribution < -0.4 is 0 Å². The second-order valence-corrected chi connectivity index (χ2v) is 7.35. The second-order valence-electron chi connectivity index (χ2n) is 7.35. The topological polar surface area (TPSA) is 42.4 Å². The highest BCUT2D eigenvalue weighted by molar-refractivity contribution is 5.68. The van der Waals surface area contributed by atoms with Crippen molar-refractivity contribution in [3.63, 3.8) is 0 Å². The first-order valence-electron chi connectivity index (χ1n) is 7.80. The van der Waals surface area contributed by atoms with Crippen LogP contribution in [0, 0.1) is 11.8 Å². The van der Waals surface area contributed by atoms with E-state index in [4.69, 9.17) is 4.74 Å². The molecule has 1 saturated carbocycles. The molecule has 114 valence electrons. The number of hydrogen-bond acceptors (Lipinski definition) is 3. The van der Waals surface area contributed by atoms with E-state index in [1.807, 2.05) is 38.1 Å². The maximum atomic E-state index is 12.1. The fourth-order valence-electron chi connectivity index (χ4n) is 3.68. The van der Waals surface area contributed by atoms with Gasteiger partial charge in [0.15, 0.2) is 0 Å². The van der Waals surface area contributed by atoms with Crippen LogP contribution in [0.5, 0.6) is 0 Å². The summed E-state index contributed by atoms with van der Waals surface area (Å²) in [4.78, 5) is 18.1. The molecule has 1 aliphatic heterocycles. The maximum Gasteiger partial charge on any atom is 0.410 e. The van der Waals surface area contributed by atoms with Crippen LogP contribution in [0.3, 0.4) is 0 Å². The number of hydrogen-bond donors (Lipinski definition) is 0. The first-order chi connectivity index (χ1) is 9.92. The molecular formula is C17H24N2O2. The second kappa shape index (κ2) is 5.32. The molecule has 0 aromatic carbocycles. The predicted octanol–water partition coefficient (Wildman–Crippen LogP) is 3.44. The van der Waals surface area contributed by atoms with Crippen molar-refractivity contribution in [1.29, 1.82) is 0 Å². The van der Waals surface area contributed by atoms with Gasteiger partial charge in [0.1, 0.15) is 5.60 Å². The lowest BCUT2D eigenvalue weighted by Gasteiger charge is -2.25. The van der Waals surface area contributed by atoms with Gasteiger partial charge in [-0.2, -0.15) is 0 Å². The van der Waals surface area contributed by atoms with Gasteiger partial charge in [-0.3, -0.25) is 4.98 Å². The molecule has 2 aliphatic rings. The summed E-state index contributed by atoms with van der Waals surface area (Å²) in [5.74, 6) is 1.87. The Morgan fingerprint density at radius 2 is 1.76 bits per heavy atom. The van der Waals surface area contributed by atoms with Crippen molar-refractivity contribution >= 4 is 6.09 Å². The minimum Gasteiger partial charge on any atom is -0.444 e. The van der Waals surface area contributed by atoms with E-state index in [1.54, 1.807) is 0 Å². The van der Waals surface area contributed by atoms with Crippen molar-refractivity contribution in [2.75, 3.05) is 13.1 Å². The lowest BCUT2D eigenvalue weighted by atomic mass is 9.97. The Labute approximate surface area is 126 Å². The van der Waals surface area contributed by atoms with Gasteiger partial charge >= 0.3 is 6.09 Å². The molecule has 0 spiro atoms. The highest BCUT2D eigenvalue weighted by Gasteiger charge is 2.43. The third-order valence-corrected chi connectivity index (χ3v) is 4.58. The number of rotatable bonds is 1. The molecular weight excluding hydrogens is 264 g/mol. The predicted molar refractivity (Wildman–Crippen MR) is 81.0 cm³/mol. The number of carbonyl (C=O) groups excluding carboxylic acids is 1. The molecule has 1 aromatic rings. The Balaban J connectivity index is 1.58. The summed E-state index contributed by atoms with van der Waals surface area (Å²) < 4.78 is 5.48. The number of carbonyl (C=O) groups is 1. The van der Waals surface area contributed by atoms with Gasteiger partial charge in [-0.1, -0.05) is 0 Å². The SMILES string of the molecule is CC(C)(C)OC(=O)N1CC2CC(c3ccncc3)CC2C1. The summed E-state index contributed by atoms with van der Waals surface area (Å²) in [6, 6.07) is 4.24. The van der Waals surface area contributed by atoms with Crippen LogP contribution >= 0.6 is 0 Å². The van der Waals surface area contributed by atoms with E-state index in [0.29, 0.717) is 17.8 Å². The van der Waals surface area contributed by atoms with Gasteiger partial charge < -0.3 is 9.64 Å². The average Bonchev–Trinajstić information content (AvgIpc) is 2.95. The van der Waals surface area contributed by atoms with Crippen molar-refractivity contribution in [3.05, 3.63) is 30.1 Å². The van der Waals surface area contributed by atoms with Crippen molar-refractivity contribution < 1.29 is 9.53 Å². The fourth-order valence-corrected chi connectivity index (χ4v) is 3.68. The quantitative estimate of drug-likeness (QED) is 0.795. The van der Waals surface area contributed by atoms with E-state index in [9.17, 15) is 4.79 Å². The minimum atomic E-state index is -0.408. The molecule has 2 fully saturated rings. The van der Waals surface area contributed by atoms with Crippen LogP contribution in [0.25, 0.3) is 0 Å². The number of fused-ring (bicyclic) bond motifs is 1. The zero-order chi connectivity index (χ0) is 15.0. The number of pyridine rings is 1. The van der Waals surface area contributed by atoms with Crippen molar-refractivity contribution in [2.24, 2.45) is 11.8 Å². The monoisotopic (exact) mass is 288 g/mol. The number of ether oxygens (including phenoxy) is 1. The van der Waals surface area contributed by atoms with Crippen LogP contribution in [-0.2, 0) is 4.74 Å². The highest BCUT2D eigenvalue weighted by atomic mass is 16.6. The standard InChI is InChI=1S/C17H24N2O2/c1-17(2,3)21-16(20)19-10-14-8-13(9-15(14)11-19)12-4-6-18-7-5-12/h4-7,13-15H,8-11H2,1-3H3. The van der Waals surface area contributed by atoms with E-state index in [0.717, 1.165) is 13.1 Å². The van der Waals surface area contributed by atoms with Gasteiger partial charge in [0.05, 0.1) is 0 Å². The molecule has 0 N–H and O–H groups in total. The fraction of sp³-hybridized carbons (Fsp3) is 0.647. The first-order valence-corrected chi connectivity index (χ1v) is 7.80. The summed E-state index contributed by atoms with van der Waals surface area (Å²) in [5.41, 5.74) is 0.983. The molecule has 4 heteroatoms. The summed E-state index contributed by atoms with van der Waals surface area (Å²) >= 11 is 0. The average molecular weight is 288 g/mol. The molecule has 2 heterocycles. The summed E-state index contributed by atoms with van der Waals surface area (Å²) in [6.45, 7) is 7.45. The number of amides is 1. The van der Waals surface area contributed by atoms with Gasteiger partial charge in [-0.25, -0.2) is 4.79 Å². The zero-order valence-corrected chi connectivity index (χ0v) is 13.1. The maximum absolute atomic E-state index is 12.1. The molecule has 21 heavy (non-hydrogen) atoms. The lowest BCUT2D eigenvalue weighted by molar-refractivity contribution is 0.0279. The van der Waals surface area contributed by atoms with Gasteiger partial charge in [0.25, 0.3) is 0 Å². The Morgan fingerprint density at radius 3 is 2.29 bits per heavy atom. The summed E-state index contributed by atoms with van der Waals surface area (Å²) in [7, 11) is 0. The number of nitrogens with zero attached hydrogens (tertiary/aromatic N) is 2. The Kier molecular flexibility index (Phi) is 3.64. The minimum absolute atomic E-state index is 0.155. The molecule has 1 aliphatic carbocycles. The largest absolute Gasteiger partial charge is 0.444 e. The number of aromatic nitrogens is 1. The van der Waals surface area contributed by atoms with Gasteiger partial charge in [0.2, 0.25) is 0 Å². The Morgan fingerprint density at radius 1 is 1.19 bits per heavy atom. The van der Waals surface area contributed by atoms with Crippen LogP contribution in [0.15, 0.2) is 24.5 Å². The molecule has 0 bridgehead atoms.